The van der Waals surface area contributed by atoms with Gasteiger partial charge in [-0.1, -0.05) is 12.1 Å². The number of hydrogen-bond acceptors (Lipinski definition) is 7. The number of hydrazine groups is 1. The molecule has 0 bridgehead atoms. The Balaban J connectivity index is 1.35. The van der Waals surface area contributed by atoms with Crippen LogP contribution in [0.4, 0.5) is 10.5 Å². The minimum atomic E-state index is -0.474. The maximum absolute atomic E-state index is 13.1. The molecule has 1 saturated heterocycles. The van der Waals surface area contributed by atoms with E-state index in [4.69, 9.17) is 14.2 Å². The molecule has 2 heterocycles. The van der Waals surface area contributed by atoms with Gasteiger partial charge in [-0.2, -0.15) is 0 Å². The standard InChI is InChI=1S/C27H34N4O5/c1-4-35-25-18-20(9-12-24(25)34-3)23-6-5-15-31(29-23)26(32)19-7-10-21(11-8-19)28-27(33)36-22-13-16-30(2)17-14-22/h5,7-12,15,18,22-23,29H,4,6,13-14,16-17H2,1-3H3,(H,28,33). The van der Waals surface area contributed by atoms with E-state index in [9.17, 15) is 9.59 Å². The van der Waals surface area contributed by atoms with Gasteiger partial charge in [0.15, 0.2) is 11.5 Å². The summed E-state index contributed by atoms with van der Waals surface area (Å²) in [6.07, 6.45) is 5.54. The van der Waals surface area contributed by atoms with Gasteiger partial charge < -0.3 is 19.1 Å². The molecule has 9 nitrogen and oxygen atoms in total. The highest BCUT2D eigenvalue weighted by molar-refractivity contribution is 5.95. The van der Waals surface area contributed by atoms with Gasteiger partial charge in [-0.15, -0.1) is 0 Å². The summed E-state index contributed by atoms with van der Waals surface area (Å²) in [5.41, 5.74) is 5.34. The number of anilines is 1. The number of piperidine rings is 1. The van der Waals surface area contributed by atoms with Crippen LogP contribution in [0.5, 0.6) is 11.5 Å². The Hall–Kier alpha value is -3.56. The van der Waals surface area contributed by atoms with Crippen LogP contribution < -0.4 is 20.2 Å². The molecule has 0 saturated carbocycles. The van der Waals surface area contributed by atoms with Gasteiger partial charge in [-0.05, 0) is 75.2 Å². The molecule has 36 heavy (non-hydrogen) atoms. The SMILES string of the molecule is CCOc1cc(C2CC=CN(C(=O)c3ccc(NC(=O)OC4CCN(C)CC4)cc3)N2)ccc1OC. The minimum absolute atomic E-state index is 0.0673. The molecule has 0 aliphatic carbocycles. The van der Waals surface area contributed by atoms with E-state index < -0.39 is 6.09 Å². The number of rotatable bonds is 7. The van der Waals surface area contributed by atoms with Gasteiger partial charge in [0.25, 0.3) is 5.91 Å². The molecule has 192 valence electrons. The van der Waals surface area contributed by atoms with Crippen molar-refractivity contribution in [2.24, 2.45) is 0 Å². The quantitative estimate of drug-likeness (QED) is 0.592. The van der Waals surface area contributed by atoms with E-state index in [0.29, 0.717) is 29.4 Å². The third-order valence-electron chi connectivity index (χ3n) is 6.35. The smallest absolute Gasteiger partial charge is 0.411 e. The molecule has 0 radical (unpaired) electrons. The first-order valence-corrected chi connectivity index (χ1v) is 12.3. The zero-order valence-electron chi connectivity index (χ0n) is 21.0. The summed E-state index contributed by atoms with van der Waals surface area (Å²) in [6, 6.07) is 12.5. The van der Waals surface area contributed by atoms with E-state index in [0.717, 1.165) is 37.9 Å². The number of methoxy groups -OCH3 is 1. The number of ether oxygens (including phenoxy) is 3. The van der Waals surface area contributed by atoms with E-state index in [-0.39, 0.29) is 18.1 Å². The molecule has 1 unspecified atom stereocenters. The number of amides is 2. The summed E-state index contributed by atoms with van der Waals surface area (Å²) in [5, 5.41) is 4.23. The van der Waals surface area contributed by atoms with Crippen molar-refractivity contribution in [1.29, 1.82) is 0 Å². The molecule has 1 atom stereocenters. The number of carbonyl (C=O) groups excluding carboxylic acids is 2. The van der Waals surface area contributed by atoms with Crippen LogP contribution in [0, 0.1) is 0 Å². The van der Waals surface area contributed by atoms with Crippen molar-refractivity contribution in [3.63, 3.8) is 0 Å². The molecular formula is C27H34N4O5. The first-order valence-electron chi connectivity index (χ1n) is 12.3. The maximum Gasteiger partial charge on any atom is 0.411 e. The Labute approximate surface area is 212 Å². The Morgan fingerprint density at radius 3 is 2.53 bits per heavy atom. The largest absolute Gasteiger partial charge is 0.493 e. The number of hydrogen-bond donors (Lipinski definition) is 2. The summed E-state index contributed by atoms with van der Waals surface area (Å²) in [5.74, 6) is 1.14. The fraction of sp³-hybridized carbons (Fsp3) is 0.407. The van der Waals surface area contributed by atoms with Crippen molar-refractivity contribution < 1.29 is 23.8 Å². The van der Waals surface area contributed by atoms with Crippen LogP contribution in [0.1, 0.15) is 48.1 Å². The Morgan fingerprint density at radius 1 is 1.08 bits per heavy atom. The second kappa shape index (κ2) is 11.9. The van der Waals surface area contributed by atoms with Crippen molar-refractivity contribution in [3.05, 3.63) is 65.9 Å². The van der Waals surface area contributed by atoms with E-state index in [1.165, 1.54) is 5.01 Å². The number of benzene rings is 2. The Kier molecular flexibility index (Phi) is 8.45. The Morgan fingerprint density at radius 2 is 1.83 bits per heavy atom. The Bertz CT molecular complexity index is 1080. The topological polar surface area (TPSA) is 92.4 Å². The van der Waals surface area contributed by atoms with E-state index in [1.54, 1.807) is 37.6 Å². The van der Waals surface area contributed by atoms with Crippen LogP contribution in [0.25, 0.3) is 0 Å². The first-order chi connectivity index (χ1) is 17.5. The lowest BCUT2D eigenvalue weighted by Gasteiger charge is -2.30. The van der Waals surface area contributed by atoms with Gasteiger partial charge in [-0.3, -0.25) is 10.1 Å². The predicted octanol–water partition coefficient (Wildman–Crippen LogP) is 4.34. The predicted molar refractivity (Wildman–Crippen MR) is 137 cm³/mol. The molecule has 2 aliphatic rings. The molecule has 0 spiro atoms. The number of nitrogens with zero attached hydrogens (tertiary/aromatic N) is 2. The molecule has 4 rings (SSSR count). The fourth-order valence-corrected chi connectivity index (χ4v) is 4.32. The van der Waals surface area contributed by atoms with Crippen molar-refractivity contribution >= 4 is 17.7 Å². The summed E-state index contributed by atoms with van der Waals surface area (Å²) < 4.78 is 16.6. The fourth-order valence-electron chi connectivity index (χ4n) is 4.32. The van der Waals surface area contributed by atoms with Gasteiger partial charge in [0.1, 0.15) is 6.10 Å². The van der Waals surface area contributed by atoms with Crippen molar-refractivity contribution in [1.82, 2.24) is 15.3 Å². The average Bonchev–Trinajstić information content (AvgIpc) is 2.90. The van der Waals surface area contributed by atoms with E-state index in [2.05, 4.69) is 22.7 Å². The minimum Gasteiger partial charge on any atom is -0.493 e. The van der Waals surface area contributed by atoms with Gasteiger partial charge >= 0.3 is 6.09 Å². The van der Waals surface area contributed by atoms with Crippen LogP contribution in [0.3, 0.4) is 0 Å². The summed E-state index contributed by atoms with van der Waals surface area (Å²) >= 11 is 0. The molecule has 1 fully saturated rings. The molecule has 2 aliphatic heterocycles. The van der Waals surface area contributed by atoms with Crippen LogP contribution in [0.15, 0.2) is 54.7 Å². The lowest BCUT2D eigenvalue weighted by molar-refractivity contribution is 0.0661. The third kappa shape index (κ3) is 6.35. The molecular weight excluding hydrogens is 460 g/mol. The first kappa shape index (κ1) is 25.5. The summed E-state index contributed by atoms with van der Waals surface area (Å²) in [7, 11) is 3.67. The summed E-state index contributed by atoms with van der Waals surface area (Å²) in [4.78, 5) is 27.6. The molecule has 9 heteroatoms. The number of nitrogens with one attached hydrogen (secondary N) is 2. The highest BCUT2D eigenvalue weighted by atomic mass is 16.6. The van der Waals surface area contributed by atoms with Crippen LogP contribution in [-0.2, 0) is 4.74 Å². The van der Waals surface area contributed by atoms with Crippen LogP contribution in [0.2, 0.25) is 0 Å². The molecule has 2 N–H and O–H groups in total. The lowest BCUT2D eigenvalue weighted by atomic mass is 10.0. The summed E-state index contributed by atoms with van der Waals surface area (Å²) in [6.45, 7) is 4.29. The van der Waals surface area contributed by atoms with E-state index in [1.807, 2.05) is 31.2 Å². The highest BCUT2D eigenvalue weighted by Crippen LogP contribution is 2.32. The zero-order valence-corrected chi connectivity index (χ0v) is 21.0. The number of carbonyl (C=O) groups is 2. The van der Waals surface area contributed by atoms with Gasteiger partial charge in [-0.25, -0.2) is 15.2 Å². The third-order valence-corrected chi connectivity index (χ3v) is 6.35. The monoisotopic (exact) mass is 494 g/mol. The lowest BCUT2D eigenvalue weighted by Crippen LogP contribution is -2.43. The van der Waals surface area contributed by atoms with Crippen LogP contribution >= 0.6 is 0 Å². The molecule has 2 amide bonds. The van der Waals surface area contributed by atoms with Gasteiger partial charge in [0.2, 0.25) is 0 Å². The second-order valence-corrected chi connectivity index (χ2v) is 8.93. The maximum atomic E-state index is 13.1. The highest BCUT2D eigenvalue weighted by Gasteiger charge is 2.24. The molecule has 2 aromatic carbocycles. The zero-order chi connectivity index (χ0) is 25.5. The number of likely N-dealkylation sites (tertiary alicyclic amines) is 1. The normalized spacial score (nSPS) is 18.5. The second-order valence-electron chi connectivity index (χ2n) is 8.93. The van der Waals surface area contributed by atoms with Crippen molar-refractivity contribution in [2.75, 3.05) is 39.2 Å². The molecule has 2 aromatic rings. The van der Waals surface area contributed by atoms with E-state index >= 15 is 0 Å². The average molecular weight is 495 g/mol. The van der Waals surface area contributed by atoms with Gasteiger partial charge in [0, 0.05) is 30.5 Å². The van der Waals surface area contributed by atoms with Crippen molar-refractivity contribution in [3.8, 4) is 11.5 Å². The molecule has 0 aromatic heterocycles. The van der Waals surface area contributed by atoms with Gasteiger partial charge in [0.05, 0.1) is 19.8 Å². The van der Waals surface area contributed by atoms with Crippen molar-refractivity contribution in [2.45, 2.75) is 38.3 Å². The van der Waals surface area contributed by atoms with Crippen LogP contribution in [-0.4, -0.2) is 61.9 Å².